The summed E-state index contributed by atoms with van der Waals surface area (Å²) < 4.78 is 0. The van der Waals surface area contributed by atoms with E-state index in [4.69, 9.17) is 0 Å². The van der Waals surface area contributed by atoms with Gasteiger partial charge in [0, 0.05) is 11.8 Å². The van der Waals surface area contributed by atoms with Gasteiger partial charge in [0.1, 0.15) is 5.54 Å². The lowest BCUT2D eigenvalue weighted by atomic mass is 9.97. The molecule has 0 aromatic carbocycles. The van der Waals surface area contributed by atoms with E-state index in [1.165, 1.54) is 37.9 Å². The zero-order chi connectivity index (χ0) is 10.7. The number of nitriles is 1. The molecule has 0 aromatic rings. The van der Waals surface area contributed by atoms with Crippen LogP contribution in [0.2, 0.25) is 0 Å². The molecule has 0 aromatic heterocycles. The molecule has 0 bridgehead atoms. The van der Waals surface area contributed by atoms with Crippen LogP contribution in [0.3, 0.4) is 0 Å². The second kappa shape index (κ2) is 4.76. The number of hydrogen-bond donors (Lipinski definition) is 1. The van der Waals surface area contributed by atoms with Gasteiger partial charge < -0.3 is 0 Å². The Labute approximate surface area is 96.8 Å². The van der Waals surface area contributed by atoms with Crippen molar-refractivity contribution in [2.75, 3.05) is 11.5 Å². The molecule has 84 valence electrons. The molecule has 0 amide bonds. The highest BCUT2D eigenvalue weighted by Gasteiger charge is 2.47. The Hall–Kier alpha value is -0.200. The molecule has 2 rings (SSSR count). The molecule has 2 aliphatic rings. The SMILES string of the molecule is CCCSCC(C#N)(NC1CC1)C1CC1. The van der Waals surface area contributed by atoms with Crippen molar-refractivity contribution in [1.82, 2.24) is 5.32 Å². The smallest absolute Gasteiger partial charge is 0.118 e. The van der Waals surface area contributed by atoms with E-state index in [-0.39, 0.29) is 5.54 Å². The first-order chi connectivity index (χ1) is 7.30. The molecular weight excluding hydrogens is 204 g/mol. The summed E-state index contributed by atoms with van der Waals surface area (Å²) in [4.78, 5) is 0. The standard InChI is InChI=1S/C12H20N2S/c1-2-7-15-9-12(8-13,10-3-4-10)14-11-5-6-11/h10-11,14H,2-7,9H2,1H3. The fourth-order valence-corrected chi connectivity index (χ4v) is 3.12. The van der Waals surface area contributed by atoms with Gasteiger partial charge in [0.15, 0.2) is 0 Å². The van der Waals surface area contributed by atoms with Gasteiger partial charge in [-0.2, -0.15) is 17.0 Å². The maximum absolute atomic E-state index is 9.44. The molecule has 0 heterocycles. The molecule has 15 heavy (non-hydrogen) atoms. The van der Waals surface area contributed by atoms with Gasteiger partial charge in [0.2, 0.25) is 0 Å². The maximum atomic E-state index is 9.44. The van der Waals surface area contributed by atoms with E-state index in [2.05, 4.69) is 18.3 Å². The van der Waals surface area contributed by atoms with Crippen LogP contribution in [0.15, 0.2) is 0 Å². The normalized spacial score (nSPS) is 24.5. The van der Waals surface area contributed by atoms with Crippen molar-refractivity contribution in [2.45, 2.75) is 50.6 Å². The number of hydrogen-bond acceptors (Lipinski definition) is 3. The van der Waals surface area contributed by atoms with E-state index in [0.717, 1.165) is 5.75 Å². The van der Waals surface area contributed by atoms with Gasteiger partial charge in [0.25, 0.3) is 0 Å². The van der Waals surface area contributed by atoms with Crippen LogP contribution in [0.5, 0.6) is 0 Å². The van der Waals surface area contributed by atoms with Crippen molar-refractivity contribution in [3.05, 3.63) is 0 Å². The van der Waals surface area contributed by atoms with Crippen LogP contribution in [0.1, 0.15) is 39.0 Å². The Morgan fingerprint density at radius 3 is 2.60 bits per heavy atom. The Kier molecular flexibility index (Phi) is 3.58. The van der Waals surface area contributed by atoms with Crippen LogP contribution < -0.4 is 5.32 Å². The third kappa shape index (κ3) is 2.89. The summed E-state index contributed by atoms with van der Waals surface area (Å²) >= 11 is 1.94. The number of rotatable bonds is 7. The second-order valence-electron chi connectivity index (χ2n) is 4.83. The van der Waals surface area contributed by atoms with E-state index in [9.17, 15) is 5.26 Å². The summed E-state index contributed by atoms with van der Waals surface area (Å²) in [6, 6.07) is 3.22. The highest BCUT2D eigenvalue weighted by Crippen LogP contribution is 2.42. The molecule has 0 spiro atoms. The predicted octanol–water partition coefficient (Wildman–Crippen LogP) is 2.55. The fraction of sp³-hybridized carbons (Fsp3) is 0.917. The van der Waals surface area contributed by atoms with E-state index >= 15 is 0 Å². The first-order valence-electron chi connectivity index (χ1n) is 6.07. The van der Waals surface area contributed by atoms with Crippen molar-refractivity contribution >= 4 is 11.8 Å². The molecular formula is C12H20N2S. The second-order valence-corrected chi connectivity index (χ2v) is 5.93. The monoisotopic (exact) mass is 224 g/mol. The van der Waals surface area contributed by atoms with E-state index in [0.29, 0.717) is 12.0 Å². The summed E-state index contributed by atoms with van der Waals surface area (Å²) in [6.07, 6.45) is 6.25. The molecule has 1 N–H and O–H groups in total. The maximum Gasteiger partial charge on any atom is 0.118 e. The first kappa shape index (κ1) is 11.3. The van der Waals surface area contributed by atoms with Gasteiger partial charge in [-0.3, -0.25) is 5.32 Å². The molecule has 2 nitrogen and oxygen atoms in total. The van der Waals surface area contributed by atoms with Crippen molar-refractivity contribution < 1.29 is 0 Å². The Morgan fingerprint density at radius 2 is 2.13 bits per heavy atom. The zero-order valence-corrected chi connectivity index (χ0v) is 10.3. The van der Waals surface area contributed by atoms with Crippen molar-refractivity contribution in [2.24, 2.45) is 5.92 Å². The average molecular weight is 224 g/mol. The molecule has 0 saturated heterocycles. The molecule has 3 heteroatoms. The Morgan fingerprint density at radius 1 is 1.40 bits per heavy atom. The van der Waals surface area contributed by atoms with Gasteiger partial charge in [-0.05, 0) is 43.8 Å². The molecule has 2 fully saturated rings. The van der Waals surface area contributed by atoms with E-state index in [1.54, 1.807) is 0 Å². The van der Waals surface area contributed by atoms with Gasteiger partial charge in [-0.15, -0.1) is 0 Å². The molecule has 0 aliphatic heterocycles. The van der Waals surface area contributed by atoms with Crippen LogP contribution in [-0.4, -0.2) is 23.1 Å². The summed E-state index contributed by atoms with van der Waals surface area (Å²) in [5.74, 6) is 2.80. The Bertz CT molecular complexity index is 253. The van der Waals surface area contributed by atoms with Crippen LogP contribution in [-0.2, 0) is 0 Å². The minimum absolute atomic E-state index is 0.193. The third-order valence-electron chi connectivity index (χ3n) is 3.19. The third-order valence-corrected chi connectivity index (χ3v) is 4.55. The molecule has 1 unspecified atom stereocenters. The zero-order valence-electron chi connectivity index (χ0n) is 9.46. The topological polar surface area (TPSA) is 35.8 Å². The molecule has 2 saturated carbocycles. The minimum atomic E-state index is -0.193. The van der Waals surface area contributed by atoms with E-state index < -0.39 is 0 Å². The van der Waals surface area contributed by atoms with Crippen LogP contribution >= 0.6 is 11.8 Å². The predicted molar refractivity (Wildman–Crippen MR) is 64.8 cm³/mol. The fourth-order valence-electron chi connectivity index (χ4n) is 1.98. The lowest BCUT2D eigenvalue weighted by Gasteiger charge is -2.27. The first-order valence-corrected chi connectivity index (χ1v) is 7.23. The molecule has 2 aliphatic carbocycles. The van der Waals surface area contributed by atoms with Gasteiger partial charge in [0.05, 0.1) is 6.07 Å². The molecule has 0 radical (unpaired) electrons. The number of thioether (sulfide) groups is 1. The highest BCUT2D eigenvalue weighted by molar-refractivity contribution is 7.99. The minimum Gasteiger partial charge on any atom is -0.296 e. The van der Waals surface area contributed by atoms with Gasteiger partial charge >= 0.3 is 0 Å². The van der Waals surface area contributed by atoms with Crippen molar-refractivity contribution in [3.63, 3.8) is 0 Å². The summed E-state index contributed by atoms with van der Waals surface area (Å²) in [5.41, 5.74) is -0.193. The molecule has 1 atom stereocenters. The quantitative estimate of drug-likeness (QED) is 0.675. The number of nitrogens with zero attached hydrogens (tertiary/aromatic N) is 1. The van der Waals surface area contributed by atoms with E-state index in [1.807, 2.05) is 11.8 Å². The van der Waals surface area contributed by atoms with Crippen molar-refractivity contribution in [3.8, 4) is 6.07 Å². The lowest BCUT2D eigenvalue weighted by molar-refractivity contribution is 0.401. The van der Waals surface area contributed by atoms with Gasteiger partial charge in [-0.1, -0.05) is 6.92 Å². The largest absolute Gasteiger partial charge is 0.296 e. The van der Waals surface area contributed by atoms with Crippen LogP contribution in [0, 0.1) is 17.2 Å². The summed E-state index contributed by atoms with van der Waals surface area (Å²) in [6.45, 7) is 2.20. The average Bonchev–Trinajstić information content (AvgIpc) is 3.09. The Balaban J connectivity index is 1.89. The summed E-state index contributed by atoms with van der Waals surface area (Å²) in [7, 11) is 0. The summed E-state index contributed by atoms with van der Waals surface area (Å²) in [5, 5.41) is 13.0. The van der Waals surface area contributed by atoms with Crippen LogP contribution in [0.4, 0.5) is 0 Å². The van der Waals surface area contributed by atoms with Gasteiger partial charge in [-0.25, -0.2) is 0 Å². The van der Waals surface area contributed by atoms with Crippen molar-refractivity contribution in [1.29, 1.82) is 5.26 Å². The number of nitrogens with one attached hydrogen (secondary N) is 1. The lowest BCUT2D eigenvalue weighted by Crippen LogP contribution is -2.49. The van der Waals surface area contributed by atoms with Crippen LogP contribution in [0.25, 0.3) is 0 Å². The highest BCUT2D eigenvalue weighted by atomic mass is 32.2.